The highest BCUT2D eigenvalue weighted by molar-refractivity contribution is 7.11. The maximum atomic E-state index is 11.9. The van der Waals surface area contributed by atoms with E-state index in [-0.39, 0.29) is 18.3 Å². The van der Waals surface area contributed by atoms with Gasteiger partial charge in [-0.1, -0.05) is 11.3 Å². The maximum Gasteiger partial charge on any atom is 0.253 e. The lowest BCUT2D eigenvalue weighted by atomic mass is 10.2. The molecule has 128 valence electrons. The van der Waals surface area contributed by atoms with Crippen LogP contribution in [0.4, 0.5) is 5.69 Å². The molecule has 0 spiro atoms. The summed E-state index contributed by atoms with van der Waals surface area (Å²) < 4.78 is 1.83. The lowest BCUT2D eigenvalue weighted by Gasteiger charge is -2.09. The monoisotopic (exact) mass is 347 g/mol. The predicted molar refractivity (Wildman–Crippen MR) is 93.8 cm³/mol. The normalized spacial score (nSPS) is 11.6. The first-order chi connectivity index (χ1) is 11.3. The van der Waals surface area contributed by atoms with Gasteiger partial charge in [0.1, 0.15) is 0 Å². The second kappa shape index (κ2) is 7.55. The number of benzene rings is 1. The van der Waals surface area contributed by atoms with Gasteiger partial charge < -0.3 is 14.6 Å². The fraction of sp³-hybridized carbons (Fsp3) is 0.353. The van der Waals surface area contributed by atoms with E-state index in [0.29, 0.717) is 27.5 Å². The van der Waals surface area contributed by atoms with Crippen LogP contribution in [0.25, 0.3) is 0 Å². The van der Waals surface area contributed by atoms with Crippen molar-refractivity contribution in [1.82, 2.24) is 9.47 Å². The molecule has 1 aromatic carbocycles. The zero-order valence-electron chi connectivity index (χ0n) is 14.2. The van der Waals surface area contributed by atoms with Gasteiger partial charge in [0, 0.05) is 38.8 Å². The third-order valence-electron chi connectivity index (χ3n) is 3.55. The number of carbonyl (C=O) groups is 2. The molecular formula is C17H21N3O3S. The number of carbonyl (C=O) groups excluding carboxylic acids is 2. The molecule has 0 radical (unpaired) electrons. The van der Waals surface area contributed by atoms with Crippen molar-refractivity contribution in [3.05, 3.63) is 45.2 Å². The van der Waals surface area contributed by atoms with Crippen molar-refractivity contribution in [3.8, 4) is 0 Å². The van der Waals surface area contributed by atoms with Gasteiger partial charge in [-0.3, -0.25) is 9.59 Å². The molecule has 1 heterocycles. The number of amides is 1. The highest BCUT2D eigenvalue weighted by Gasteiger charge is 2.13. The fourth-order valence-corrected chi connectivity index (χ4v) is 3.38. The van der Waals surface area contributed by atoms with E-state index in [1.54, 1.807) is 38.4 Å². The third-order valence-corrected chi connectivity index (χ3v) is 4.83. The average molecular weight is 347 g/mol. The molecule has 0 aliphatic rings. The predicted octanol–water partition coefficient (Wildman–Crippen LogP) is 1.99. The summed E-state index contributed by atoms with van der Waals surface area (Å²) in [6.45, 7) is 3.72. The number of ketones is 1. The number of hydrogen-bond donors (Lipinski definition) is 1. The van der Waals surface area contributed by atoms with Crippen LogP contribution < -0.4 is 4.80 Å². The average Bonchev–Trinajstić information content (AvgIpc) is 2.85. The SMILES string of the molecule is CC(=O)c1s/c(=N\c2ccc(C(=O)N(C)C)cc2)n(CCO)c1C. The molecule has 1 N–H and O–H groups in total. The van der Waals surface area contributed by atoms with Crippen LogP contribution in [0.2, 0.25) is 0 Å². The molecule has 0 atom stereocenters. The van der Waals surface area contributed by atoms with Crippen molar-refractivity contribution in [1.29, 1.82) is 0 Å². The molecule has 2 rings (SSSR count). The van der Waals surface area contributed by atoms with Gasteiger partial charge in [-0.15, -0.1) is 0 Å². The minimum Gasteiger partial charge on any atom is -0.395 e. The number of hydrogen-bond acceptors (Lipinski definition) is 5. The summed E-state index contributed by atoms with van der Waals surface area (Å²) in [4.78, 5) is 31.0. The van der Waals surface area contributed by atoms with Crippen molar-refractivity contribution in [2.75, 3.05) is 20.7 Å². The van der Waals surface area contributed by atoms with Crippen LogP contribution in [0.15, 0.2) is 29.3 Å². The summed E-state index contributed by atoms with van der Waals surface area (Å²) in [5.41, 5.74) is 2.09. The standard InChI is InChI=1S/C17H21N3O3S/c1-11-15(12(2)22)24-17(20(11)9-10-21)18-14-7-5-13(6-8-14)16(23)19(3)4/h5-8,21H,9-10H2,1-4H3/b18-17-. The molecule has 7 heteroatoms. The molecule has 0 saturated carbocycles. The number of rotatable bonds is 5. The Hall–Kier alpha value is -2.25. The van der Waals surface area contributed by atoms with Gasteiger partial charge >= 0.3 is 0 Å². The Balaban J connectivity index is 2.45. The van der Waals surface area contributed by atoms with Crippen LogP contribution in [0.3, 0.4) is 0 Å². The lowest BCUT2D eigenvalue weighted by molar-refractivity contribution is 0.0827. The maximum absolute atomic E-state index is 11.9. The highest BCUT2D eigenvalue weighted by Crippen LogP contribution is 2.17. The van der Waals surface area contributed by atoms with E-state index in [0.717, 1.165) is 5.69 Å². The third kappa shape index (κ3) is 3.80. The molecule has 0 unspecified atom stereocenters. The van der Waals surface area contributed by atoms with Gasteiger partial charge in [-0.25, -0.2) is 4.99 Å². The molecule has 0 aliphatic carbocycles. The zero-order valence-corrected chi connectivity index (χ0v) is 15.1. The van der Waals surface area contributed by atoms with E-state index in [2.05, 4.69) is 4.99 Å². The second-order valence-corrected chi connectivity index (χ2v) is 6.57. The first-order valence-corrected chi connectivity index (χ1v) is 8.35. The van der Waals surface area contributed by atoms with Crippen LogP contribution in [0.1, 0.15) is 32.6 Å². The molecule has 0 saturated heterocycles. The Morgan fingerprint density at radius 1 is 1.25 bits per heavy atom. The molecule has 2 aromatic rings. The Labute approximate surface area is 144 Å². The van der Waals surface area contributed by atoms with Gasteiger partial charge in [0.2, 0.25) is 0 Å². The number of aliphatic hydroxyl groups excluding tert-OH is 1. The van der Waals surface area contributed by atoms with Gasteiger partial charge in [0.15, 0.2) is 10.6 Å². The summed E-state index contributed by atoms with van der Waals surface area (Å²) in [5, 5.41) is 9.25. The number of nitrogens with zero attached hydrogens (tertiary/aromatic N) is 3. The first kappa shape index (κ1) is 18.1. The van der Waals surface area contributed by atoms with Crippen LogP contribution in [-0.4, -0.2) is 47.0 Å². The Kier molecular flexibility index (Phi) is 5.69. The minimum absolute atomic E-state index is 0.0161. The van der Waals surface area contributed by atoms with Crippen molar-refractivity contribution in [2.24, 2.45) is 4.99 Å². The summed E-state index contributed by atoms with van der Waals surface area (Å²) in [5.74, 6) is -0.0831. The molecule has 1 aromatic heterocycles. The van der Waals surface area contributed by atoms with Crippen molar-refractivity contribution in [2.45, 2.75) is 20.4 Å². The Bertz CT molecular complexity index is 817. The van der Waals surface area contributed by atoms with E-state index < -0.39 is 0 Å². The Morgan fingerprint density at radius 3 is 2.38 bits per heavy atom. The number of aromatic nitrogens is 1. The molecule has 0 aliphatic heterocycles. The van der Waals surface area contributed by atoms with Gasteiger partial charge in [-0.05, 0) is 31.2 Å². The fourth-order valence-electron chi connectivity index (χ4n) is 2.31. The van der Waals surface area contributed by atoms with E-state index in [1.807, 2.05) is 11.5 Å². The molecule has 0 fully saturated rings. The van der Waals surface area contributed by atoms with Crippen LogP contribution >= 0.6 is 11.3 Å². The summed E-state index contributed by atoms with van der Waals surface area (Å²) >= 11 is 1.30. The molecular weight excluding hydrogens is 326 g/mol. The lowest BCUT2D eigenvalue weighted by Crippen LogP contribution is -2.21. The van der Waals surface area contributed by atoms with Gasteiger partial charge in [0.25, 0.3) is 5.91 Å². The highest BCUT2D eigenvalue weighted by atomic mass is 32.1. The number of thiazole rings is 1. The minimum atomic E-state index is -0.0669. The van der Waals surface area contributed by atoms with Crippen LogP contribution in [0.5, 0.6) is 0 Å². The van der Waals surface area contributed by atoms with Crippen molar-refractivity contribution < 1.29 is 14.7 Å². The van der Waals surface area contributed by atoms with Crippen molar-refractivity contribution in [3.63, 3.8) is 0 Å². The quantitative estimate of drug-likeness (QED) is 0.841. The molecule has 6 nitrogen and oxygen atoms in total. The molecule has 24 heavy (non-hydrogen) atoms. The van der Waals surface area contributed by atoms with E-state index in [9.17, 15) is 14.7 Å². The topological polar surface area (TPSA) is 74.9 Å². The summed E-state index contributed by atoms with van der Waals surface area (Å²) in [6, 6.07) is 6.98. The van der Waals surface area contributed by atoms with E-state index in [1.165, 1.54) is 23.2 Å². The Morgan fingerprint density at radius 2 is 1.88 bits per heavy atom. The summed E-state index contributed by atoms with van der Waals surface area (Å²) in [6.07, 6.45) is 0. The zero-order chi connectivity index (χ0) is 17.9. The number of Topliss-reactive ketones (excluding diaryl/α,β-unsaturated/α-hetero) is 1. The molecule has 0 bridgehead atoms. The number of aliphatic hydroxyl groups is 1. The van der Waals surface area contributed by atoms with Crippen LogP contribution in [0, 0.1) is 6.92 Å². The van der Waals surface area contributed by atoms with Crippen molar-refractivity contribution >= 4 is 28.7 Å². The van der Waals surface area contributed by atoms with Crippen LogP contribution in [-0.2, 0) is 6.54 Å². The summed E-state index contributed by atoms with van der Waals surface area (Å²) in [7, 11) is 3.41. The second-order valence-electron chi connectivity index (χ2n) is 5.59. The van der Waals surface area contributed by atoms with Gasteiger partial charge in [-0.2, -0.15) is 0 Å². The smallest absolute Gasteiger partial charge is 0.253 e. The van der Waals surface area contributed by atoms with Gasteiger partial charge in [0.05, 0.1) is 17.2 Å². The van der Waals surface area contributed by atoms with E-state index in [4.69, 9.17) is 0 Å². The largest absolute Gasteiger partial charge is 0.395 e. The van der Waals surface area contributed by atoms with E-state index >= 15 is 0 Å². The molecule has 1 amide bonds. The first-order valence-electron chi connectivity index (χ1n) is 7.53.